The summed E-state index contributed by atoms with van der Waals surface area (Å²) in [4.78, 5) is 0. The summed E-state index contributed by atoms with van der Waals surface area (Å²) in [6.07, 6.45) is 3.92. The molecule has 0 amide bonds. The van der Waals surface area contributed by atoms with Gasteiger partial charge in [-0.25, -0.2) is 0 Å². The molecule has 2 heteroatoms. The maximum Gasteiger partial charge on any atom is 0.190 e. The minimum absolute atomic E-state index is 0.175. The molecule has 1 heterocycles. The van der Waals surface area contributed by atoms with Crippen LogP contribution in [0.15, 0.2) is 0 Å². The Balaban J connectivity index is 2.55. The lowest BCUT2D eigenvalue weighted by molar-refractivity contribution is 0.0699. The molecule has 1 unspecified atom stereocenters. The van der Waals surface area contributed by atoms with Gasteiger partial charge in [-0.1, -0.05) is 19.8 Å². The largest absolute Gasteiger partial charge is 0.412 e. The van der Waals surface area contributed by atoms with Crippen LogP contribution in [0.25, 0.3) is 0 Å². The molecule has 0 saturated carbocycles. The third-order valence-corrected chi connectivity index (χ3v) is 6.80. The summed E-state index contributed by atoms with van der Waals surface area (Å²) in [5.41, 5.74) is 0.175. The highest BCUT2D eigenvalue weighted by molar-refractivity contribution is 6.72. The van der Waals surface area contributed by atoms with Gasteiger partial charge in [0, 0.05) is 0 Å². The van der Waals surface area contributed by atoms with Gasteiger partial charge in [-0.15, -0.1) is 0 Å². The third kappa shape index (κ3) is 2.59. The minimum Gasteiger partial charge on any atom is -0.412 e. The highest BCUT2D eigenvalue weighted by atomic mass is 28.4. The van der Waals surface area contributed by atoms with Gasteiger partial charge in [0.1, 0.15) is 0 Å². The zero-order valence-electron chi connectivity index (χ0n) is 8.94. The predicted octanol–water partition coefficient (Wildman–Crippen LogP) is 3.56. The molecule has 0 radical (unpaired) electrons. The standard InChI is InChI=1S/C10H22OSi/c1-5-8-12(4)9-6-7-10(2,3)11-12/h5-9H2,1-4H3. The van der Waals surface area contributed by atoms with Gasteiger partial charge in [0.15, 0.2) is 8.32 Å². The second-order valence-corrected chi connectivity index (χ2v) is 9.02. The van der Waals surface area contributed by atoms with Crippen molar-refractivity contribution in [3.8, 4) is 0 Å². The average molecular weight is 186 g/mol. The van der Waals surface area contributed by atoms with Gasteiger partial charge in [-0.2, -0.15) is 0 Å². The second-order valence-electron chi connectivity index (χ2n) is 4.92. The summed E-state index contributed by atoms with van der Waals surface area (Å²) in [6, 6.07) is 2.72. The van der Waals surface area contributed by atoms with E-state index in [-0.39, 0.29) is 5.60 Å². The highest BCUT2D eigenvalue weighted by Gasteiger charge is 2.38. The topological polar surface area (TPSA) is 9.23 Å². The van der Waals surface area contributed by atoms with Crippen molar-refractivity contribution in [3.05, 3.63) is 0 Å². The quantitative estimate of drug-likeness (QED) is 0.599. The third-order valence-electron chi connectivity index (χ3n) is 2.79. The maximum atomic E-state index is 6.24. The summed E-state index contributed by atoms with van der Waals surface area (Å²) >= 11 is 0. The van der Waals surface area contributed by atoms with Gasteiger partial charge in [0.05, 0.1) is 5.60 Å². The van der Waals surface area contributed by atoms with Crippen molar-refractivity contribution < 1.29 is 4.43 Å². The molecule has 72 valence electrons. The molecule has 0 aromatic heterocycles. The van der Waals surface area contributed by atoms with Crippen molar-refractivity contribution in [3.63, 3.8) is 0 Å². The fourth-order valence-corrected chi connectivity index (χ4v) is 6.23. The normalized spacial score (nSPS) is 35.0. The van der Waals surface area contributed by atoms with Crippen LogP contribution in [0.4, 0.5) is 0 Å². The van der Waals surface area contributed by atoms with Crippen LogP contribution in [0.5, 0.6) is 0 Å². The fraction of sp³-hybridized carbons (Fsp3) is 1.00. The molecule has 0 spiro atoms. The molecule has 1 saturated heterocycles. The second kappa shape index (κ2) is 3.50. The van der Waals surface area contributed by atoms with Crippen LogP contribution in [-0.4, -0.2) is 13.9 Å². The van der Waals surface area contributed by atoms with E-state index in [4.69, 9.17) is 4.43 Å². The Kier molecular flexibility index (Phi) is 3.00. The van der Waals surface area contributed by atoms with Gasteiger partial charge in [-0.3, -0.25) is 0 Å². The van der Waals surface area contributed by atoms with Gasteiger partial charge in [0.2, 0.25) is 0 Å². The highest BCUT2D eigenvalue weighted by Crippen LogP contribution is 2.35. The summed E-state index contributed by atoms with van der Waals surface area (Å²) < 4.78 is 6.24. The Morgan fingerprint density at radius 1 is 1.42 bits per heavy atom. The zero-order valence-corrected chi connectivity index (χ0v) is 9.94. The van der Waals surface area contributed by atoms with Crippen molar-refractivity contribution >= 4 is 8.32 Å². The van der Waals surface area contributed by atoms with E-state index in [9.17, 15) is 0 Å². The Morgan fingerprint density at radius 3 is 2.58 bits per heavy atom. The summed E-state index contributed by atoms with van der Waals surface area (Å²) in [5, 5.41) is 0. The Morgan fingerprint density at radius 2 is 2.08 bits per heavy atom. The van der Waals surface area contributed by atoms with E-state index in [2.05, 4.69) is 27.3 Å². The molecule has 1 aliphatic heterocycles. The molecule has 1 atom stereocenters. The van der Waals surface area contributed by atoms with Crippen molar-refractivity contribution in [1.82, 2.24) is 0 Å². The molecular weight excluding hydrogens is 164 g/mol. The van der Waals surface area contributed by atoms with Gasteiger partial charge in [-0.05, 0) is 38.9 Å². The molecule has 0 aromatic carbocycles. The van der Waals surface area contributed by atoms with E-state index in [1.165, 1.54) is 31.4 Å². The predicted molar refractivity (Wildman–Crippen MR) is 55.9 cm³/mol. The fourth-order valence-electron chi connectivity index (χ4n) is 2.36. The molecular formula is C10H22OSi. The maximum absolute atomic E-state index is 6.24. The lowest BCUT2D eigenvalue weighted by Gasteiger charge is -2.42. The number of hydrogen-bond acceptors (Lipinski definition) is 1. The molecule has 0 aliphatic carbocycles. The Hall–Kier alpha value is 0.177. The monoisotopic (exact) mass is 186 g/mol. The number of rotatable bonds is 2. The van der Waals surface area contributed by atoms with E-state index < -0.39 is 8.32 Å². The van der Waals surface area contributed by atoms with Crippen molar-refractivity contribution in [2.45, 2.75) is 64.3 Å². The Labute approximate surface area is 77.6 Å². The number of hydrogen-bond donors (Lipinski definition) is 0. The molecule has 1 fully saturated rings. The van der Waals surface area contributed by atoms with E-state index in [1.54, 1.807) is 0 Å². The van der Waals surface area contributed by atoms with Crippen LogP contribution in [0.2, 0.25) is 18.6 Å². The van der Waals surface area contributed by atoms with E-state index in [0.717, 1.165) is 0 Å². The van der Waals surface area contributed by atoms with Crippen molar-refractivity contribution in [2.24, 2.45) is 0 Å². The summed E-state index contributed by atoms with van der Waals surface area (Å²) in [6.45, 7) is 9.15. The smallest absolute Gasteiger partial charge is 0.190 e. The summed E-state index contributed by atoms with van der Waals surface area (Å²) in [5.74, 6) is 0. The van der Waals surface area contributed by atoms with Crippen molar-refractivity contribution in [1.29, 1.82) is 0 Å². The van der Waals surface area contributed by atoms with Crippen LogP contribution in [0.1, 0.15) is 40.0 Å². The van der Waals surface area contributed by atoms with Gasteiger partial charge >= 0.3 is 0 Å². The lowest BCUT2D eigenvalue weighted by atomic mass is 10.0. The van der Waals surface area contributed by atoms with E-state index in [0.29, 0.717) is 0 Å². The van der Waals surface area contributed by atoms with Gasteiger partial charge < -0.3 is 4.43 Å². The first-order chi connectivity index (χ1) is 5.47. The molecule has 0 bridgehead atoms. The zero-order chi connectivity index (χ0) is 9.24. The van der Waals surface area contributed by atoms with Crippen LogP contribution in [0.3, 0.4) is 0 Å². The minimum atomic E-state index is -1.27. The first-order valence-electron chi connectivity index (χ1n) is 5.18. The Bertz CT molecular complexity index is 152. The van der Waals surface area contributed by atoms with E-state index >= 15 is 0 Å². The average Bonchev–Trinajstić information content (AvgIpc) is 1.83. The SMILES string of the molecule is CCC[Si]1(C)CCCC(C)(C)O1. The molecule has 1 aliphatic rings. The molecule has 1 nitrogen and oxygen atoms in total. The summed E-state index contributed by atoms with van der Waals surface area (Å²) in [7, 11) is -1.27. The molecule has 1 rings (SSSR count). The molecule has 12 heavy (non-hydrogen) atoms. The van der Waals surface area contributed by atoms with Crippen LogP contribution >= 0.6 is 0 Å². The first-order valence-corrected chi connectivity index (χ1v) is 8.00. The van der Waals surface area contributed by atoms with Crippen LogP contribution in [-0.2, 0) is 4.43 Å². The van der Waals surface area contributed by atoms with Crippen LogP contribution in [0, 0.1) is 0 Å². The lowest BCUT2D eigenvalue weighted by Crippen LogP contribution is -2.46. The molecule has 0 N–H and O–H groups in total. The first kappa shape index (κ1) is 10.3. The van der Waals surface area contributed by atoms with Crippen molar-refractivity contribution in [2.75, 3.05) is 0 Å². The van der Waals surface area contributed by atoms with Gasteiger partial charge in [0.25, 0.3) is 0 Å². The van der Waals surface area contributed by atoms with E-state index in [1.807, 2.05) is 0 Å². The molecule has 0 aromatic rings. The van der Waals surface area contributed by atoms with Crippen LogP contribution < -0.4 is 0 Å².